The Hall–Kier alpha value is -4.20. The maximum absolute atomic E-state index is 16.9. The van der Waals surface area contributed by atoms with Gasteiger partial charge in [-0.1, -0.05) is 12.1 Å². The van der Waals surface area contributed by atoms with Crippen molar-refractivity contribution >= 4 is 33.4 Å². The van der Waals surface area contributed by atoms with Crippen molar-refractivity contribution < 1.29 is 28.2 Å². The van der Waals surface area contributed by atoms with Crippen LogP contribution in [-0.2, 0) is 9.53 Å². The molecule has 2 aromatic carbocycles. The molecule has 7 heterocycles. The van der Waals surface area contributed by atoms with Crippen molar-refractivity contribution in [2.45, 2.75) is 61.7 Å². The van der Waals surface area contributed by atoms with Gasteiger partial charge in [0.1, 0.15) is 35.2 Å². The van der Waals surface area contributed by atoms with Crippen molar-refractivity contribution in [2.24, 2.45) is 0 Å². The molecule has 0 radical (unpaired) electrons. The predicted molar refractivity (Wildman–Crippen MR) is 179 cm³/mol. The number of carbonyl (C=O) groups is 1. The van der Waals surface area contributed by atoms with Gasteiger partial charge in [-0.25, -0.2) is 8.78 Å². The van der Waals surface area contributed by atoms with Crippen molar-refractivity contribution in [3.63, 3.8) is 0 Å². The Labute approximate surface area is 282 Å². The van der Waals surface area contributed by atoms with Gasteiger partial charge in [0.15, 0.2) is 5.82 Å². The van der Waals surface area contributed by atoms with E-state index in [1.54, 1.807) is 17.0 Å². The predicted octanol–water partition coefficient (Wildman–Crippen LogP) is 4.00. The van der Waals surface area contributed by atoms with Crippen LogP contribution in [0.2, 0.25) is 0 Å². The number of carbonyl (C=O) groups excluding carboxylic acids is 1. The maximum Gasteiger partial charge on any atom is 0.319 e. The van der Waals surface area contributed by atoms with Crippen LogP contribution in [0.5, 0.6) is 11.8 Å². The van der Waals surface area contributed by atoms with Gasteiger partial charge in [0.25, 0.3) is 0 Å². The zero-order valence-corrected chi connectivity index (χ0v) is 27.4. The van der Waals surface area contributed by atoms with E-state index >= 15 is 8.78 Å². The summed E-state index contributed by atoms with van der Waals surface area (Å²) in [5.74, 6) is -0.874. The van der Waals surface area contributed by atoms with Gasteiger partial charge in [-0.05, 0) is 62.2 Å². The molecule has 7 bridgehead atoms. The molecule has 0 unspecified atom stereocenters. The molecule has 5 aliphatic heterocycles. The third kappa shape index (κ3) is 5.16. The van der Waals surface area contributed by atoms with Gasteiger partial charge in [0, 0.05) is 56.4 Å². The third-order valence-electron chi connectivity index (χ3n) is 11.4. The number of piperazine rings is 1. The van der Waals surface area contributed by atoms with Gasteiger partial charge < -0.3 is 29.7 Å². The van der Waals surface area contributed by atoms with E-state index in [1.165, 1.54) is 24.4 Å². The topological polar surface area (TPSA) is 116 Å². The van der Waals surface area contributed by atoms with E-state index in [4.69, 9.17) is 14.5 Å². The second-order valence-electron chi connectivity index (χ2n) is 14.6. The van der Waals surface area contributed by atoms with Gasteiger partial charge in [-0.15, -0.1) is 0 Å². The number of halogens is 2. The van der Waals surface area contributed by atoms with Crippen LogP contribution in [0.4, 0.5) is 14.6 Å². The molecule has 4 aromatic rings. The molecule has 4 saturated heterocycles. The highest BCUT2D eigenvalue weighted by Gasteiger charge is 2.50. The number of pyridine rings is 1. The standard InChI is InChI=1S/C36H39F2N7O4/c1-43-18-35-9-6-22(42-35)16-44(19-35)33-26-15-39-31(25-13-23(46)12-21-4-2-5-27(37)29(21)25)30(38)32(26)40-34(41-33)49-20-36-8-3-10-45(36)17-24(14-36)48-11-7-28(43)47/h2,4-5,12-13,15,22,24,42,46H,3,6-11,14,16-20H2,1H3/t22-,24-,35-,36-/m0/s1. The number of rotatable bonds is 1. The summed E-state index contributed by atoms with van der Waals surface area (Å²) in [6, 6.07) is 7.50. The van der Waals surface area contributed by atoms with Crippen molar-refractivity contribution in [1.82, 2.24) is 30.1 Å². The number of benzene rings is 2. The summed E-state index contributed by atoms with van der Waals surface area (Å²) >= 11 is 0. The van der Waals surface area contributed by atoms with Crippen LogP contribution in [-0.4, -0.2) is 112 Å². The molecule has 1 amide bonds. The molecule has 9 rings (SSSR count). The SMILES string of the molecule is CN1C[C@@]23CC[C@@H](CN(C2)c2nc(nc4c(F)c(-c5cc(O)cc6cccc(F)c56)ncc24)OC[C@@]24CCCN2C[C@H](C4)OCCC1=O)N3. The molecule has 11 nitrogen and oxygen atoms in total. The smallest absolute Gasteiger partial charge is 0.319 e. The number of fused-ring (bicyclic) bond motifs is 9. The van der Waals surface area contributed by atoms with E-state index in [9.17, 15) is 9.90 Å². The first-order valence-corrected chi connectivity index (χ1v) is 17.2. The molecule has 2 spiro atoms. The van der Waals surface area contributed by atoms with Crippen LogP contribution in [0.25, 0.3) is 32.9 Å². The normalized spacial score (nSPS) is 29.0. The average molecular weight is 672 g/mol. The summed E-state index contributed by atoms with van der Waals surface area (Å²) in [6.07, 6.45) is 6.37. The minimum absolute atomic E-state index is 0.0105. The zero-order chi connectivity index (χ0) is 33.5. The summed E-state index contributed by atoms with van der Waals surface area (Å²) in [6.45, 7) is 4.05. The van der Waals surface area contributed by atoms with Crippen LogP contribution in [0.15, 0.2) is 36.5 Å². The van der Waals surface area contributed by atoms with Gasteiger partial charge in [-0.2, -0.15) is 9.97 Å². The molecule has 0 saturated carbocycles. The number of ether oxygens (including phenoxy) is 2. The molecule has 13 heteroatoms. The number of anilines is 1. The molecule has 0 aliphatic carbocycles. The van der Waals surface area contributed by atoms with Crippen molar-refractivity contribution in [3.8, 4) is 23.0 Å². The largest absolute Gasteiger partial charge is 0.508 e. The Morgan fingerprint density at radius 1 is 1.12 bits per heavy atom. The Morgan fingerprint density at radius 3 is 2.92 bits per heavy atom. The lowest BCUT2D eigenvalue weighted by Gasteiger charge is -2.44. The molecular weight excluding hydrogens is 632 g/mol. The van der Waals surface area contributed by atoms with E-state index < -0.39 is 11.6 Å². The van der Waals surface area contributed by atoms with Crippen LogP contribution < -0.4 is 15.0 Å². The van der Waals surface area contributed by atoms with Gasteiger partial charge in [-0.3, -0.25) is 14.7 Å². The first-order chi connectivity index (χ1) is 23.7. The molecular formula is C36H39F2N7O4. The van der Waals surface area contributed by atoms with Gasteiger partial charge in [0.2, 0.25) is 5.91 Å². The fraction of sp³-hybridized carbons (Fsp3) is 0.500. The molecule has 49 heavy (non-hydrogen) atoms. The van der Waals surface area contributed by atoms with Crippen LogP contribution >= 0.6 is 0 Å². The Balaban J connectivity index is 1.19. The van der Waals surface area contributed by atoms with Crippen molar-refractivity contribution in [2.75, 3.05) is 57.9 Å². The molecule has 256 valence electrons. The van der Waals surface area contributed by atoms with E-state index in [0.29, 0.717) is 55.9 Å². The number of phenols is 1. The van der Waals surface area contributed by atoms with Crippen molar-refractivity contribution in [3.05, 3.63) is 48.2 Å². The number of likely N-dealkylation sites (N-methyl/N-ethyl adjacent to an activating group) is 1. The zero-order valence-electron chi connectivity index (χ0n) is 27.4. The number of amides is 1. The van der Waals surface area contributed by atoms with Gasteiger partial charge >= 0.3 is 6.01 Å². The van der Waals surface area contributed by atoms with Crippen LogP contribution in [0.3, 0.4) is 0 Å². The minimum Gasteiger partial charge on any atom is -0.508 e. The monoisotopic (exact) mass is 671 g/mol. The molecule has 2 N–H and O–H groups in total. The summed E-state index contributed by atoms with van der Waals surface area (Å²) in [7, 11) is 1.85. The van der Waals surface area contributed by atoms with E-state index in [0.717, 1.165) is 45.2 Å². The number of aromatic hydroxyl groups is 1. The van der Waals surface area contributed by atoms with E-state index in [2.05, 4.69) is 25.1 Å². The maximum atomic E-state index is 16.9. The summed E-state index contributed by atoms with van der Waals surface area (Å²) in [5, 5.41) is 15.3. The average Bonchev–Trinajstić information content (AvgIpc) is 3.72. The van der Waals surface area contributed by atoms with Crippen molar-refractivity contribution in [1.29, 1.82) is 0 Å². The third-order valence-corrected chi connectivity index (χ3v) is 11.4. The molecule has 4 fully saturated rings. The lowest BCUT2D eigenvalue weighted by molar-refractivity contribution is -0.132. The lowest BCUT2D eigenvalue weighted by Crippen LogP contribution is -2.64. The van der Waals surface area contributed by atoms with Crippen LogP contribution in [0, 0.1) is 11.6 Å². The molecule has 4 atom stereocenters. The highest BCUT2D eigenvalue weighted by atomic mass is 19.1. The number of nitrogens with zero attached hydrogens (tertiary/aromatic N) is 6. The fourth-order valence-corrected chi connectivity index (χ4v) is 9.21. The fourth-order valence-electron chi connectivity index (χ4n) is 9.21. The number of hydrogen-bond acceptors (Lipinski definition) is 10. The Kier molecular flexibility index (Phi) is 7.19. The first kappa shape index (κ1) is 30.8. The highest BCUT2D eigenvalue weighted by Crippen LogP contribution is 2.42. The highest BCUT2D eigenvalue weighted by molar-refractivity contribution is 6.00. The Morgan fingerprint density at radius 2 is 2.02 bits per heavy atom. The number of phenolic OH excluding ortho intramolecular Hbond substituents is 1. The number of aromatic nitrogens is 3. The lowest BCUT2D eigenvalue weighted by atomic mass is 9.94. The van der Waals surface area contributed by atoms with Crippen LogP contribution in [0.1, 0.15) is 38.5 Å². The summed E-state index contributed by atoms with van der Waals surface area (Å²) < 4.78 is 44.9. The van der Waals surface area contributed by atoms with E-state index in [1.807, 2.05) is 7.05 Å². The van der Waals surface area contributed by atoms with E-state index in [-0.39, 0.29) is 63.1 Å². The second kappa shape index (κ2) is 11.4. The number of hydrogen-bond donors (Lipinski definition) is 2. The summed E-state index contributed by atoms with van der Waals surface area (Å²) in [4.78, 5) is 33.7. The molecule has 5 aliphatic rings. The number of nitrogens with one attached hydrogen (secondary N) is 1. The minimum atomic E-state index is -0.750. The Bertz CT molecular complexity index is 2000. The molecule has 2 aromatic heterocycles. The summed E-state index contributed by atoms with van der Waals surface area (Å²) in [5.41, 5.74) is -0.634. The quantitative estimate of drug-likeness (QED) is 0.308. The second-order valence-corrected chi connectivity index (χ2v) is 14.6. The van der Waals surface area contributed by atoms with Gasteiger partial charge in [0.05, 0.1) is 35.6 Å². The first-order valence-electron chi connectivity index (χ1n) is 17.2.